The van der Waals surface area contributed by atoms with E-state index in [2.05, 4.69) is 15.3 Å². The fraction of sp³-hybridized carbons (Fsp3) is 0.273. The average Bonchev–Trinajstić information content (AvgIpc) is 3.08. The second-order valence-corrected chi connectivity index (χ2v) is 7.67. The van der Waals surface area contributed by atoms with Crippen molar-refractivity contribution in [2.24, 2.45) is 0 Å². The number of hydrogen-bond donors (Lipinski definition) is 3. The molecule has 0 unspecified atom stereocenters. The van der Waals surface area contributed by atoms with Crippen molar-refractivity contribution < 1.29 is 4.79 Å². The van der Waals surface area contributed by atoms with Gasteiger partial charge in [-0.25, -0.2) is 9.78 Å². The van der Waals surface area contributed by atoms with Crippen molar-refractivity contribution in [1.29, 1.82) is 0 Å². The van der Waals surface area contributed by atoms with Crippen molar-refractivity contribution in [3.05, 3.63) is 68.6 Å². The van der Waals surface area contributed by atoms with E-state index in [9.17, 15) is 14.4 Å². The van der Waals surface area contributed by atoms with Crippen molar-refractivity contribution in [1.82, 2.24) is 19.5 Å². The molecule has 8 heteroatoms. The molecular formula is C22H21N5O3. The first-order valence-corrected chi connectivity index (χ1v) is 10.2. The molecule has 5 rings (SSSR count). The fourth-order valence-electron chi connectivity index (χ4n) is 4.05. The minimum absolute atomic E-state index is 0.0364. The van der Waals surface area contributed by atoms with Gasteiger partial charge in [-0.15, -0.1) is 0 Å². The van der Waals surface area contributed by atoms with E-state index in [1.807, 2.05) is 0 Å². The number of carbonyl (C=O) groups excluding carboxylic acids is 1. The van der Waals surface area contributed by atoms with Crippen molar-refractivity contribution >= 4 is 33.5 Å². The Hall–Kier alpha value is -3.68. The highest BCUT2D eigenvalue weighted by atomic mass is 16.2. The lowest BCUT2D eigenvalue weighted by Gasteiger charge is -2.16. The lowest BCUT2D eigenvalue weighted by atomic mass is 10.1. The fourth-order valence-corrected chi connectivity index (χ4v) is 4.05. The number of aromatic amines is 2. The van der Waals surface area contributed by atoms with E-state index < -0.39 is 0 Å². The molecule has 0 atom stereocenters. The molecular weight excluding hydrogens is 382 g/mol. The maximum absolute atomic E-state index is 12.9. The summed E-state index contributed by atoms with van der Waals surface area (Å²) in [6, 6.07) is 10.1. The number of benzene rings is 2. The number of aryl methyl sites for hydroxylation is 1. The van der Waals surface area contributed by atoms with Gasteiger partial charge in [-0.1, -0.05) is 12.8 Å². The number of fused-ring (bicyclic) bond motifs is 3. The Morgan fingerprint density at radius 2 is 1.80 bits per heavy atom. The van der Waals surface area contributed by atoms with Crippen LogP contribution in [-0.2, 0) is 13.0 Å². The van der Waals surface area contributed by atoms with Crippen LogP contribution in [0.3, 0.4) is 0 Å². The Kier molecular flexibility index (Phi) is 4.46. The number of aromatic nitrogens is 4. The number of H-pyrrole nitrogens is 2. The first-order chi connectivity index (χ1) is 14.6. The van der Waals surface area contributed by atoms with E-state index in [1.165, 1.54) is 0 Å². The molecule has 1 aliphatic heterocycles. The van der Waals surface area contributed by atoms with Gasteiger partial charge in [0.1, 0.15) is 5.82 Å². The number of anilines is 1. The maximum Gasteiger partial charge on any atom is 0.323 e. The number of nitrogens with one attached hydrogen (secondary N) is 3. The summed E-state index contributed by atoms with van der Waals surface area (Å²) in [6.45, 7) is 0.697. The molecule has 0 fully saturated rings. The zero-order chi connectivity index (χ0) is 20.7. The number of rotatable bonds is 2. The number of hydrogen-bond acceptors (Lipinski definition) is 4. The van der Waals surface area contributed by atoms with Gasteiger partial charge in [0, 0.05) is 24.2 Å². The van der Waals surface area contributed by atoms with Gasteiger partial charge in [0.05, 0.1) is 21.9 Å². The SMILES string of the molecule is O=C(Nc1ccc2[nH]c(=O)[nH]c2c1)c1ccc2c(=O)n3c(nc2c1)CCCCCC3. The molecule has 2 aromatic heterocycles. The number of imidazole rings is 1. The van der Waals surface area contributed by atoms with Gasteiger partial charge in [-0.3, -0.25) is 14.2 Å². The zero-order valence-corrected chi connectivity index (χ0v) is 16.3. The van der Waals surface area contributed by atoms with Crippen LogP contribution in [0.4, 0.5) is 5.69 Å². The minimum atomic E-state index is -0.303. The average molecular weight is 403 g/mol. The molecule has 0 spiro atoms. The molecule has 1 amide bonds. The van der Waals surface area contributed by atoms with Crippen LogP contribution in [0, 0.1) is 0 Å². The van der Waals surface area contributed by atoms with Crippen LogP contribution in [-0.4, -0.2) is 25.4 Å². The summed E-state index contributed by atoms with van der Waals surface area (Å²) in [5.41, 5.74) is 2.49. The number of carbonyl (C=O) groups is 1. The zero-order valence-electron chi connectivity index (χ0n) is 16.3. The van der Waals surface area contributed by atoms with Crippen LogP contribution in [0.5, 0.6) is 0 Å². The molecule has 0 bridgehead atoms. The lowest BCUT2D eigenvalue weighted by Crippen LogP contribution is -2.26. The summed E-state index contributed by atoms with van der Waals surface area (Å²) in [5, 5.41) is 3.36. The highest BCUT2D eigenvalue weighted by Gasteiger charge is 2.15. The molecule has 3 N–H and O–H groups in total. The molecule has 1 aliphatic rings. The Labute approximate surface area is 171 Å². The second-order valence-electron chi connectivity index (χ2n) is 7.67. The van der Waals surface area contributed by atoms with E-state index in [-0.39, 0.29) is 17.2 Å². The van der Waals surface area contributed by atoms with Crippen molar-refractivity contribution in [3.63, 3.8) is 0 Å². The molecule has 0 aliphatic carbocycles. The predicted molar refractivity (Wildman–Crippen MR) is 115 cm³/mol. The number of nitrogens with zero attached hydrogens (tertiary/aromatic N) is 2. The predicted octanol–water partition coefficient (Wildman–Crippen LogP) is 2.93. The van der Waals surface area contributed by atoms with E-state index in [1.54, 1.807) is 41.0 Å². The normalized spacial score (nSPS) is 14.3. The Bertz CT molecular complexity index is 1400. The molecule has 0 radical (unpaired) electrons. The van der Waals surface area contributed by atoms with Gasteiger partial charge in [0.2, 0.25) is 0 Å². The third kappa shape index (κ3) is 3.30. The summed E-state index contributed by atoms with van der Waals surface area (Å²) >= 11 is 0. The molecule has 2 aromatic carbocycles. The van der Waals surface area contributed by atoms with Gasteiger partial charge >= 0.3 is 5.69 Å². The summed E-state index contributed by atoms with van der Waals surface area (Å²) in [4.78, 5) is 47.2. The van der Waals surface area contributed by atoms with Crippen LogP contribution in [0.15, 0.2) is 46.0 Å². The molecule has 0 saturated heterocycles. The highest BCUT2D eigenvalue weighted by molar-refractivity contribution is 6.06. The first-order valence-electron chi connectivity index (χ1n) is 10.2. The van der Waals surface area contributed by atoms with Crippen molar-refractivity contribution in [2.75, 3.05) is 5.32 Å². The Morgan fingerprint density at radius 1 is 0.967 bits per heavy atom. The van der Waals surface area contributed by atoms with Crippen LogP contribution in [0.1, 0.15) is 41.9 Å². The molecule has 152 valence electrons. The Balaban J connectivity index is 1.48. The summed E-state index contributed by atoms with van der Waals surface area (Å²) in [6.07, 6.45) is 5.05. The maximum atomic E-state index is 12.9. The lowest BCUT2D eigenvalue weighted by molar-refractivity contribution is 0.102. The first kappa shape index (κ1) is 18.4. The monoisotopic (exact) mass is 403 g/mol. The summed E-state index contributed by atoms with van der Waals surface area (Å²) < 4.78 is 1.79. The molecule has 0 saturated carbocycles. The van der Waals surface area contributed by atoms with Crippen LogP contribution >= 0.6 is 0 Å². The van der Waals surface area contributed by atoms with E-state index >= 15 is 0 Å². The topological polar surface area (TPSA) is 113 Å². The highest BCUT2D eigenvalue weighted by Crippen LogP contribution is 2.19. The molecule has 3 heterocycles. The van der Waals surface area contributed by atoms with Crippen LogP contribution < -0.4 is 16.6 Å². The molecule has 4 aromatic rings. The Morgan fingerprint density at radius 3 is 2.70 bits per heavy atom. The summed E-state index contributed by atoms with van der Waals surface area (Å²) in [7, 11) is 0. The third-order valence-corrected chi connectivity index (χ3v) is 5.60. The van der Waals surface area contributed by atoms with E-state index in [0.717, 1.165) is 37.9 Å². The van der Waals surface area contributed by atoms with Gasteiger partial charge in [-0.2, -0.15) is 0 Å². The van der Waals surface area contributed by atoms with Gasteiger partial charge < -0.3 is 15.3 Å². The summed E-state index contributed by atoms with van der Waals surface area (Å²) in [5.74, 6) is 0.495. The van der Waals surface area contributed by atoms with Gasteiger partial charge in [0.25, 0.3) is 11.5 Å². The van der Waals surface area contributed by atoms with Gasteiger partial charge in [-0.05, 0) is 49.2 Å². The van der Waals surface area contributed by atoms with Crippen molar-refractivity contribution in [2.45, 2.75) is 38.6 Å². The van der Waals surface area contributed by atoms with Gasteiger partial charge in [0.15, 0.2) is 0 Å². The standard InChI is InChI=1S/C22H21N5O3/c28-20(23-14-7-9-16-18(12-14)26-22(30)25-16)13-6-8-15-17(11-13)24-19-5-3-1-2-4-10-27(19)21(15)29/h6-9,11-12H,1-5,10H2,(H,23,28)(H2,25,26,30). The van der Waals surface area contributed by atoms with Crippen LogP contribution in [0.25, 0.3) is 21.9 Å². The van der Waals surface area contributed by atoms with Crippen LogP contribution in [0.2, 0.25) is 0 Å². The second kappa shape index (κ2) is 7.29. The van der Waals surface area contributed by atoms with E-state index in [0.29, 0.717) is 39.7 Å². The van der Waals surface area contributed by atoms with Crippen molar-refractivity contribution in [3.8, 4) is 0 Å². The third-order valence-electron chi connectivity index (χ3n) is 5.60. The largest absolute Gasteiger partial charge is 0.323 e. The number of amides is 1. The quantitative estimate of drug-likeness (QED) is 0.478. The molecule has 8 nitrogen and oxygen atoms in total. The van der Waals surface area contributed by atoms with E-state index in [4.69, 9.17) is 4.98 Å². The molecule has 30 heavy (non-hydrogen) atoms. The minimum Gasteiger partial charge on any atom is -0.322 e. The smallest absolute Gasteiger partial charge is 0.322 e.